The molecule has 1 saturated heterocycles. The minimum absolute atomic E-state index is 0.0607. The predicted octanol–water partition coefficient (Wildman–Crippen LogP) is 2.65. The standard InChI is InChI=1S/C23H19ClFN3O6S2/c24-16-3-9-20(10-4-16)36(33,34)27(14-15-1-5-17(25)6-2-15)21-13-22(29)28(23(21)30)18-7-11-19(12-8-18)35(26,31)32/h1-12,21H,13-14H2,(H2,26,31,32). The molecule has 1 atom stereocenters. The van der Waals surface area contributed by atoms with Gasteiger partial charge in [0.1, 0.15) is 11.9 Å². The number of primary sulfonamides is 1. The summed E-state index contributed by atoms with van der Waals surface area (Å²) in [5.74, 6) is -2.01. The molecule has 0 radical (unpaired) electrons. The zero-order valence-corrected chi connectivity index (χ0v) is 20.8. The van der Waals surface area contributed by atoms with E-state index in [1.54, 1.807) is 0 Å². The number of hydrogen-bond acceptors (Lipinski definition) is 6. The second-order valence-electron chi connectivity index (χ2n) is 7.96. The highest BCUT2D eigenvalue weighted by atomic mass is 35.5. The Bertz CT molecular complexity index is 1530. The topological polar surface area (TPSA) is 135 Å². The van der Waals surface area contributed by atoms with E-state index in [1.165, 1.54) is 48.5 Å². The molecule has 0 bridgehead atoms. The van der Waals surface area contributed by atoms with Crippen LogP contribution in [-0.2, 0) is 36.2 Å². The fourth-order valence-electron chi connectivity index (χ4n) is 3.77. The molecule has 0 saturated carbocycles. The Hall–Kier alpha value is -3.16. The number of carbonyl (C=O) groups excluding carboxylic acids is 2. The number of amides is 2. The number of rotatable bonds is 7. The number of nitrogens with two attached hydrogens (primary N) is 1. The SMILES string of the molecule is NS(=O)(=O)c1ccc(N2C(=O)CC(N(Cc3ccc(F)cc3)S(=O)(=O)c3ccc(Cl)cc3)C2=O)cc1. The van der Waals surface area contributed by atoms with Crippen LogP contribution in [0.25, 0.3) is 0 Å². The van der Waals surface area contributed by atoms with E-state index in [0.29, 0.717) is 10.6 Å². The highest BCUT2D eigenvalue weighted by Crippen LogP contribution is 2.31. The molecule has 0 aromatic heterocycles. The minimum Gasteiger partial charge on any atom is -0.274 e. The smallest absolute Gasteiger partial charge is 0.252 e. The number of carbonyl (C=O) groups is 2. The molecule has 0 aliphatic carbocycles. The van der Waals surface area contributed by atoms with Crippen molar-refractivity contribution in [2.75, 3.05) is 4.90 Å². The van der Waals surface area contributed by atoms with Gasteiger partial charge < -0.3 is 0 Å². The molecule has 0 spiro atoms. The van der Waals surface area contributed by atoms with Crippen LogP contribution in [0.5, 0.6) is 0 Å². The lowest BCUT2D eigenvalue weighted by atomic mass is 10.2. The summed E-state index contributed by atoms with van der Waals surface area (Å²) >= 11 is 5.89. The van der Waals surface area contributed by atoms with Gasteiger partial charge in [-0.05, 0) is 66.2 Å². The van der Waals surface area contributed by atoms with Gasteiger partial charge in [0.05, 0.1) is 21.9 Å². The van der Waals surface area contributed by atoms with Gasteiger partial charge in [0, 0.05) is 11.6 Å². The van der Waals surface area contributed by atoms with Gasteiger partial charge in [-0.25, -0.2) is 31.3 Å². The fraction of sp³-hybridized carbons (Fsp3) is 0.130. The Morgan fingerprint density at radius 1 is 0.889 bits per heavy atom. The lowest BCUT2D eigenvalue weighted by molar-refractivity contribution is -0.122. The highest BCUT2D eigenvalue weighted by molar-refractivity contribution is 7.89. The van der Waals surface area contributed by atoms with Crippen molar-refractivity contribution in [1.82, 2.24) is 4.31 Å². The van der Waals surface area contributed by atoms with Crippen LogP contribution in [0.1, 0.15) is 12.0 Å². The van der Waals surface area contributed by atoms with E-state index in [1.807, 2.05) is 0 Å². The maximum Gasteiger partial charge on any atom is 0.252 e. The van der Waals surface area contributed by atoms with Gasteiger partial charge in [0.2, 0.25) is 26.0 Å². The number of halogens is 2. The van der Waals surface area contributed by atoms with E-state index in [9.17, 15) is 30.8 Å². The summed E-state index contributed by atoms with van der Waals surface area (Å²) in [6, 6.07) is 13.7. The molecule has 3 aromatic carbocycles. The fourth-order valence-corrected chi connectivity index (χ4v) is 5.98. The van der Waals surface area contributed by atoms with Crippen molar-refractivity contribution in [2.24, 2.45) is 5.14 Å². The van der Waals surface area contributed by atoms with Gasteiger partial charge in [0.25, 0.3) is 5.91 Å². The number of sulfonamides is 2. The van der Waals surface area contributed by atoms with Crippen molar-refractivity contribution in [1.29, 1.82) is 0 Å². The first-order chi connectivity index (χ1) is 16.9. The van der Waals surface area contributed by atoms with E-state index in [-0.39, 0.29) is 22.0 Å². The summed E-state index contributed by atoms with van der Waals surface area (Å²) in [6.07, 6.45) is -0.455. The molecule has 1 fully saturated rings. The lowest BCUT2D eigenvalue weighted by Gasteiger charge is -2.27. The van der Waals surface area contributed by atoms with Gasteiger partial charge >= 0.3 is 0 Å². The molecule has 2 amide bonds. The number of hydrogen-bond donors (Lipinski definition) is 1. The Labute approximate surface area is 212 Å². The summed E-state index contributed by atoms with van der Waals surface area (Å²) in [5.41, 5.74) is 0.454. The Morgan fingerprint density at radius 3 is 2.00 bits per heavy atom. The quantitative estimate of drug-likeness (QED) is 0.448. The molecule has 9 nitrogen and oxygen atoms in total. The van der Waals surface area contributed by atoms with Crippen LogP contribution in [0.2, 0.25) is 5.02 Å². The molecule has 1 aliphatic rings. The molecule has 188 valence electrons. The van der Waals surface area contributed by atoms with Crippen molar-refractivity contribution < 1.29 is 30.8 Å². The third kappa shape index (κ3) is 5.18. The molecular weight excluding hydrogens is 533 g/mol. The molecular formula is C23H19ClFN3O6S2. The van der Waals surface area contributed by atoms with Gasteiger partial charge in [-0.2, -0.15) is 4.31 Å². The molecule has 4 rings (SSSR count). The molecule has 13 heteroatoms. The second kappa shape index (κ2) is 9.71. The summed E-state index contributed by atoms with van der Waals surface area (Å²) < 4.78 is 64.6. The second-order valence-corrected chi connectivity index (χ2v) is 11.8. The van der Waals surface area contributed by atoms with Crippen molar-refractivity contribution >= 4 is 49.1 Å². The first kappa shape index (κ1) is 25.9. The molecule has 1 aliphatic heterocycles. The van der Waals surface area contributed by atoms with Crippen LogP contribution in [0.15, 0.2) is 82.6 Å². The maximum atomic E-state index is 13.6. The van der Waals surface area contributed by atoms with Crippen LogP contribution in [0, 0.1) is 5.82 Å². The van der Waals surface area contributed by atoms with Crippen molar-refractivity contribution in [3.8, 4) is 0 Å². The van der Waals surface area contributed by atoms with Crippen molar-refractivity contribution in [3.05, 3.63) is 89.2 Å². The Balaban J connectivity index is 1.73. The molecule has 2 N–H and O–H groups in total. The molecule has 1 heterocycles. The van der Waals surface area contributed by atoms with Crippen molar-refractivity contribution in [2.45, 2.75) is 28.8 Å². The Morgan fingerprint density at radius 2 is 1.44 bits per heavy atom. The van der Waals surface area contributed by atoms with Crippen LogP contribution in [0.3, 0.4) is 0 Å². The summed E-state index contributed by atoms with van der Waals surface area (Å²) in [4.78, 5) is 26.7. The summed E-state index contributed by atoms with van der Waals surface area (Å²) in [7, 11) is -8.31. The molecule has 3 aromatic rings. The van der Waals surface area contributed by atoms with Gasteiger partial charge in [-0.3, -0.25) is 9.59 Å². The van der Waals surface area contributed by atoms with Crippen LogP contribution in [0.4, 0.5) is 10.1 Å². The monoisotopic (exact) mass is 551 g/mol. The third-order valence-electron chi connectivity index (χ3n) is 5.57. The Kier molecular flexibility index (Phi) is 6.99. The van der Waals surface area contributed by atoms with Gasteiger partial charge in [-0.1, -0.05) is 23.7 Å². The minimum atomic E-state index is -4.31. The largest absolute Gasteiger partial charge is 0.274 e. The lowest BCUT2D eigenvalue weighted by Crippen LogP contribution is -2.45. The maximum absolute atomic E-state index is 13.6. The average molecular weight is 552 g/mol. The predicted molar refractivity (Wildman–Crippen MR) is 129 cm³/mol. The van der Waals surface area contributed by atoms with Crippen LogP contribution < -0.4 is 10.0 Å². The summed E-state index contributed by atoms with van der Waals surface area (Å²) in [6.45, 7) is -0.312. The zero-order valence-electron chi connectivity index (χ0n) is 18.4. The first-order valence-electron chi connectivity index (χ1n) is 10.4. The van der Waals surface area contributed by atoms with Crippen LogP contribution in [-0.4, -0.2) is 39.0 Å². The highest BCUT2D eigenvalue weighted by Gasteiger charge is 2.47. The number of anilines is 1. The van der Waals surface area contributed by atoms with Crippen molar-refractivity contribution in [3.63, 3.8) is 0 Å². The molecule has 36 heavy (non-hydrogen) atoms. The number of imide groups is 1. The first-order valence-corrected chi connectivity index (χ1v) is 13.8. The van der Waals surface area contributed by atoms with Crippen LogP contribution >= 0.6 is 11.6 Å². The van der Waals surface area contributed by atoms with E-state index < -0.39 is 50.1 Å². The normalized spacial score (nSPS) is 16.7. The van der Waals surface area contributed by atoms with E-state index >= 15 is 0 Å². The zero-order chi connectivity index (χ0) is 26.3. The van der Waals surface area contributed by atoms with E-state index in [0.717, 1.165) is 33.5 Å². The summed E-state index contributed by atoms with van der Waals surface area (Å²) in [5, 5.41) is 5.40. The van der Waals surface area contributed by atoms with Gasteiger partial charge in [0.15, 0.2) is 0 Å². The average Bonchev–Trinajstić information content (AvgIpc) is 3.11. The van der Waals surface area contributed by atoms with E-state index in [4.69, 9.17) is 16.7 Å². The molecule has 1 unspecified atom stereocenters. The van der Waals surface area contributed by atoms with E-state index in [2.05, 4.69) is 0 Å². The third-order valence-corrected chi connectivity index (χ3v) is 8.62. The number of benzene rings is 3. The van der Waals surface area contributed by atoms with Gasteiger partial charge in [-0.15, -0.1) is 0 Å². The number of nitrogens with zero attached hydrogens (tertiary/aromatic N) is 2.